The summed E-state index contributed by atoms with van der Waals surface area (Å²) in [6.07, 6.45) is 3.04. The summed E-state index contributed by atoms with van der Waals surface area (Å²) >= 11 is 0. The van der Waals surface area contributed by atoms with E-state index in [1.807, 2.05) is 0 Å². The van der Waals surface area contributed by atoms with E-state index in [0.29, 0.717) is 36.2 Å². The van der Waals surface area contributed by atoms with E-state index in [9.17, 15) is 4.39 Å². The Bertz CT molecular complexity index is 430. The van der Waals surface area contributed by atoms with Gasteiger partial charge < -0.3 is 14.8 Å². The third-order valence-corrected chi connectivity index (χ3v) is 3.65. The molecular weight excluding hydrogens is 233 g/mol. The Morgan fingerprint density at radius 1 is 1.28 bits per heavy atom. The topological polar surface area (TPSA) is 30.5 Å². The molecule has 0 aromatic heterocycles. The van der Waals surface area contributed by atoms with E-state index >= 15 is 0 Å². The second-order valence-corrected chi connectivity index (χ2v) is 4.97. The van der Waals surface area contributed by atoms with Crippen molar-refractivity contribution < 1.29 is 13.9 Å². The molecule has 3 rings (SSSR count). The molecule has 0 aliphatic carbocycles. The van der Waals surface area contributed by atoms with Gasteiger partial charge in [0.15, 0.2) is 11.5 Å². The van der Waals surface area contributed by atoms with Crippen LogP contribution in [0.4, 0.5) is 4.39 Å². The van der Waals surface area contributed by atoms with E-state index in [1.54, 1.807) is 6.07 Å². The largest absolute Gasteiger partial charge is 0.486 e. The van der Waals surface area contributed by atoms with Gasteiger partial charge in [0.1, 0.15) is 19.0 Å². The van der Waals surface area contributed by atoms with Crippen molar-refractivity contribution in [3.05, 3.63) is 23.5 Å². The zero-order valence-corrected chi connectivity index (χ0v) is 10.4. The molecule has 18 heavy (non-hydrogen) atoms. The summed E-state index contributed by atoms with van der Waals surface area (Å²) in [6, 6.07) is 3.14. The maximum atomic E-state index is 14.0. The summed E-state index contributed by atoms with van der Waals surface area (Å²) in [5.74, 6) is 1.61. The zero-order chi connectivity index (χ0) is 12.4. The first kappa shape index (κ1) is 11.8. The maximum Gasteiger partial charge on any atom is 0.167 e. The molecule has 1 fully saturated rings. The monoisotopic (exact) mass is 251 g/mol. The van der Waals surface area contributed by atoms with Crippen molar-refractivity contribution in [1.29, 1.82) is 0 Å². The molecule has 1 aromatic carbocycles. The lowest BCUT2D eigenvalue weighted by atomic mass is 9.91. The van der Waals surface area contributed by atoms with Crippen molar-refractivity contribution in [2.24, 2.45) is 5.92 Å². The van der Waals surface area contributed by atoms with Crippen LogP contribution in [0.5, 0.6) is 11.5 Å². The molecule has 0 spiro atoms. The highest BCUT2D eigenvalue weighted by Gasteiger charge is 2.23. The van der Waals surface area contributed by atoms with Crippen LogP contribution in [0.2, 0.25) is 0 Å². The predicted molar refractivity (Wildman–Crippen MR) is 66.7 cm³/mol. The first-order chi connectivity index (χ1) is 8.84. The first-order valence-corrected chi connectivity index (χ1v) is 6.62. The predicted octanol–water partition coefficient (Wildman–Crippen LogP) is 2.14. The Hall–Kier alpha value is -1.29. The van der Waals surface area contributed by atoms with E-state index < -0.39 is 0 Å². The summed E-state index contributed by atoms with van der Waals surface area (Å²) in [7, 11) is 0. The van der Waals surface area contributed by atoms with Crippen LogP contribution in [0.15, 0.2) is 12.1 Å². The minimum absolute atomic E-state index is 0.176. The normalized spacial score (nSPS) is 22.8. The molecule has 2 aliphatic heterocycles. The number of nitrogens with one attached hydrogen (secondary N) is 1. The van der Waals surface area contributed by atoms with Gasteiger partial charge in [-0.15, -0.1) is 0 Å². The lowest BCUT2D eigenvalue weighted by molar-refractivity contribution is 0.168. The van der Waals surface area contributed by atoms with Crippen molar-refractivity contribution in [3.63, 3.8) is 0 Å². The van der Waals surface area contributed by atoms with Crippen LogP contribution in [0.25, 0.3) is 0 Å². The molecule has 0 bridgehead atoms. The molecule has 0 radical (unpaired) electrons. The Balaban J connectivity index is 1.85. The maximum absolute atomic E-state index is 14.0. The van der Waals surface area contributed by atoms with Crippen LogP contribution in [-0.2, 0) is 6.42 Å². The van der Waals surface area contributed by atoms with Gasteiger partial charge in [-0.2, -0.15) is 0 Å². The summed E-state index contributed by atoms with van der Waals surface area (Å²) in [6.45, 7) is 3.09. The highest BCUT2D eigenvalue weighted by atomic mass is 19.1. The summed E-state index contributed by atoms with van der Waals surface area (Å²) in [5.41, 5.74) is 0.681. The smallest absolute Gasteiger partial charge is 0.167 e. The van der Waals surface area contributed by atoms with Crippen LogP contribution in [0, 0.1) is 11.7 Å². The minimum Gasteiger partial charge on any atom is -0.486 e. The molecule has 2 heterocycles. The van der Waals surface area contributed by atoms with Gasteiger partial charge in [0.2, 0.25) is 0 Å². The molecule has 0 amide bonds. The summed E-state index contributed by atoms with van der Waals surface area (Å²) in [4.78, 5) is 0. The van der Waals surface area contributed by atoms with Gasteiger partial charge in [-0.05, 0) is 50.4 Å². The number of benzene rings is 1. The van der Waals surface area contributed by atoms with Crippen molar-refractivity contribution >= 4 is 0 Å². The average molecular weight is 251 g/mol. The fourth-order valence-electron chi connectivity index (χ4n) is 2.73. The van der Waals surface area contributed by atoms with Gasteiger partial charge in [0.05, 0.1) is 0 Å². The second kappa shape index (κ2) is 5.14. The number of halogens is 1. The first-order valence-electron chi connectivity index (χ1n) is 6.62. The number of hydrogen-bond acceptors (Lipinski definition) is 3. The van der Waals surface area contributed by atoms with Crippen molar-refractivity contribution in [2.45, 2.75) is 19.3 Å². The van der Waals surface area contributed by atoms with E-state index in [0.717, 1.165) is 25.9 Å². The minimum atomic E-state index is -0.176. The summed E-state index contributed by atoms with van der Waals surface area (Å²) in [5, 5.41) is 3.36. The number of fused-ring (bicyclic) bond motifs is 1. The van der Waals surface area contributed by atoms with Crippen LogP contribution in [0.3, 0.4) is 0 Å². The third kappa shape index (κ3) is 2.29. The third-order valence-electron chi connectivity index (χ3n) is 3.65. The Morgan fingerprint density at radius 3 is 3.00 bits per heavy atom. The number of hydrogen-bond donors (Lipinski definition) is 1. The lowest BCUT2D eigenvalue weighted by Gasteiger charge is -2.26. The molecule has 1 atom stereocenters. The number of piperidine rings is 1. The molecule has 98 valence electrons. The molecular formula is C14H18FNO2. The molecule has 1 unspecified atom stereocenters. The molecule has 1 N–H and O–H groups in total. The van der Waals surface area contributed by atoms with Gasteiger partial charge in [0.25, 0.3) is 0 Å². The SMILES string of the molecule is Fc1ccc2c(c1CC1CCCNC1)OCCO2. The number of ether oxygens (including phenoxy) is 2. The van der Waals surface area contributed by atoms with E-state index in [1.165, 1.54) is 12.5 Å². The molecule has 4 heteroatoms. The molecule has 2 aliphatic rings. The standard InChI is InChI=1S/C14H18FNO2/c15-12-3-4-13-14(18-7-6-17-13)11(12)8-10-2-1-5-16-9-10/h3-4,10,16H,1-2,5-9H2. The molecule has 0 saturated carbocycles. The van der Waals surface area contributed by atoms with Crippen molar-refractivity contribution in [2.75, 3.05) is 26.3 Å². The van der Waals surface area contributed by atoms with Gasteiger partial charge >= 0.3 is 0 Å². The fourth-order valence-corrected chi connectivity index (χ4v) is 2.73. The molecule has 3 nitrogen and oxygen atoms in total. The molecule has 1 aromatic rings. The van der Waals surface area contributed by atoms with Gasteiger partial charge in [0, 0.05) is 5.56 Å². The number of rotatable bonds is 2. The van der Waals surface area contributed by atoms with Crippen LogP contribution >= 0.6 is 0 Å². The Labute approximate surface area is 106 Å². The highest BCUT2D eigenvalue weighted by molar-refractivity contribution is 5.48. The van der Waals surface area contributed by atoms with E-state index in [4.69, 9.17) is 9.47 Å². The summed E-state index contributed by atoms with van der Waals surface area (Å²) < 4.78 is 25.1. The van der Waals surface area contributed by atoms with Crippen molar-refractivity contribution in [1.82, 2.24) is 5.32 Å². The quantitative estimate of drug-likeness (QED) is 0.873. The van der Waals surface area contributed by atoms with Crippen LogP contribution < -0.4 is 14.8 Å². The van der Waals surface area contributed by atoms with Crippen LogP contribution in [0.1, 0.15) is 18.4 Å². The van der Waals surface area contributed by atoms with Crippen molar-refractivity contribution in [3.8, 4) is 11.5 Å². The van der Waals surface area contributed by atoms with Gasteiger partial charge in [-0.25, -0.2) is 4.39 Å². The van der Waals surface area contributed by atoms with Crippen LogP contribution in [-0.4, -0.2) is 26.3 Å². The van der Waals surface area contributed by atoms with Gasteiger partial charge in [-0.3, -0.25) is 0 Å². The average Bonchev–Trinajstić information content (AvgIpc) is 2.43. The lowest BCUT2D eigenvalue weighted by Crippen LogP contribution is -2.31. The molecule has 1 saturated heterocycles. The Morgan fingerprint density at radius 2 is 2.17 bits per heavy atom. The second-order valence-electron chi connectivity index (χ2n) is 4.97. The van der Waals surface area contributed by atoms with E-state index in [2.05, 4.69) is 5.32 Å². The fraction of sp³-hybridized carbons (Fsp3) is 0.571. The Kier molecular flexibility index (Phi) is 3.37. The zero-order valence-electron chi connectivity index (χ0n) is 10.4. The highest BCUT2D eigenvalue weighted by Crippen LogP contribution is 2.37. The van der Waals surface area contributed by atoms with E-state index in [-0.39, 0.29) is 5.82 Å². The van der Waals surface area contributed by atoms with Gasteiger partial charge in [-0.1, -0.05) is 0 Å².